The number of benzene rings is 1. The van der Waals surface area contributed by atoms with E-state index in [1.807, 2.05) is 18.2 Å². The number of ether oxygens (including phenoxy) is 1. The molecular weight excluding hydrogens is 286 g/mol. The van der Waals surface area contributed by atoms with Gasteiger partial charge in [0.25, 0.3) is 0 Å². The van der Waals surface area contributed by atoms with Crippen LogP contribution in [0.25, 0.3) is 0 Å². The molecule has 126 valence electrons. The molecule has 23 heavy (non-hydrogen) atoms. The molecule has 3 rings (SSSR count). The van der Waals surface area contributed by atoms with E-state index in [9.17, 15) is 4.79 Å². The second kappa shape index (κ2) is 7.48. The van der Waals surface area contributed by atoms with Crippen LogP contribution in [-0.2, 0) is 14.9 Å². The predicted octanol–water partition coefficient (Wildman–Crippen LogP) is 3.92. The van der Waals surface area contributed by atoms with E-state index in [0.717, 1.165) is 44.2 Å². The fraction of sp³-hybridized carbons (Fsp3) is 0.650. The lowest BCUT2D eigenvalue weighted by atomic mass is 9.69. The second-order valence-corrected chi connectivity index (χ2v) is 7.24. The number of likely N-dealkylation sites (N-methyl/N-ethyl adjacent to an activating group) is 1. The second-order valence-electron chi connectivity index (χ2n) is 7.24. The first kappa shape index (κ1) is 16.5. The van der Waals surface area contributed by atoms with Crippen LogP contribution in [0, 0.1) is 0 Å². The van der Waals surface area contributed by atoms with E-state index in [1.165, 1.54) is 19.3 Å². The van der Waals surface area contributed by atoms with Gasteiger partial charge in [-0.05, 0) is 44.8 Å². The number of piperidine rings is 1. The van der Waals surface area contributed by atoms with Gasteiger partial charge in [-0.2, -0.15) is 0 Å². The zero-order chi connectivity index (χ0) is 16.1. The largest absolute Gasteiger partial charge is 0.463 e. The summed E-state index contributed by atoms with van der Waals surface area (Å²) < 4.78 is 5.87. The van der Waals surface area contributed by atoms with Crippen molar-refractivity contribution in [1.29, 1.82) is 0 Å². The summed E-state index contributed by atoms with van der Waals surface area (Å²) in [6.07, 6.45) is 8.97. The Bertz CT molecular complexity index is 508. The smallest absolute Gasteiger partial charge is 0.316 e. The normalized spacial score (nSPS) is 25.0. The van der Waals surface area contributed by atoms with E-state index >= 15 is 0 Å². The molecule has 0 aromatic heterocycles. The van der Waals surface area contributed by atoms with Crippen LogP contribution in [0.5, 0.6) is 0 Å². The number of hydrogen-bond donors (Lipinski definition) is 0. The van der Waals surface area contributed by atoms with Crippen LogP contribution in [-0.4, -0.2) is 37.1 Å². The van der Waals surface area contributed by atoms with Gasteiger partial charge in [0, 0.05) is 6.04 Å². The van der Waals surface area contributed by atoms with Crippen LogP contribution in [0.3, 0.4) is 0 Å². The summed E-state index contributed by atoms with van der Waals surface area (Å²) in [6, 6.07) is 10.7. The molecule has 2 fully saturated rings. The highest BCUT2D eigenvalue weighted by Gasteiger charge is 2.42. The molecule has 1 aliphatic heterocycles. The van der Waals surface area contributed by atoms with Gasteiger partial charge < -0.3 is 9.64 Å². The molecule has 0 radical (unpaired) electrons. The van der Waals surface area contributed by atoms with Gasteiger partial charge in [0.05, 0.1) is 5.41 Å². The summed E-state index contributed by atoms with van der Waals surface area (Å²) in [5, 5.41) is 0. The van der Waals surface area contributed by atoms with Crippen molar-refractivity contribution in [2.24, 2.45) is 0 Å². The summed E-state index contributed by atoms with van der Waals surface area (Å²) >= 11 is 0. The van der Waals surface area contributed by atoms with Crippen LogP contribution in [0.1, 0.15) is 56.9 Å². The van der Waals surface area contributed by atoms with Gasteiger partial charge in [0.1, 0.15) is 6.61 Å². The van der Waals surface area contributed by atoms with Gasteiger partial charge in [-0.15, -0.1) is 0 Å². The minimum Gasteiger partial charge on any atom is -0.463 e. The molecule has 0 bridgehead atoms. The van der Waals surface area contributed by atoms with Crippen LogP contribution in [0.4, 0.5) is 0 Å². The van der Waals surface area contributed by atoms with E-state index < -0.39 is 5.41 Å². The number of esters is 1. The number of carbonyl (C=O) groups excluding carboxylic acids is 1. The number of carbonyl (C=O) groups is 1. The predicted molar refractivity (Wildman–Crippen MR) is 92.4 cm³/mol. The molecule has 1 saturated heterocycles. The highest BCUT2D eigenvalue weighted by atomic mass is 16.5. The van der Waals surface area contributed by atoms with Gasteiger partial charge in [-0.3, -0.25) is 4.79 Å². The third-order valence-electron chi connectivity index (χ3n) is 5.75. The zero-order valence-corrected chi connectivity index (χ0v) is 14.3. The Hall–Kier alpha value is -1.35. The molecule has 3 nitrogen and oxygen atoms in total. The minimum atomic E-state index is -0.410. The average molecular weight is 315 g/mol. The lowest BCUT2D eigenvalue weighted by Gasteiger charge is -2.37. The lowest BCUT2D eigenvalue weighted by molar-refractivity contribution is -0.154. The number of nitrogens with zero attached hydrogens (tertiary/aromatic N) is 1. The Kier molecular flexibility index (Phi) is 5.37. The highest BCUT2D eigenvalue weighted by molar-refractivity contribution is 5.83. The molecular formula is C20H29NO2. The first-order valence-corrected chi connectivity index (χ1v) is 9.15. The zero-order valence-electron chi connectivity index (χ0n) is 14.3. The number of likely N-dealkylation sites (tertiary alicyclic amines) is 1. The highest BCUT2D eigenvalue weighted by Crippen LogP contribution is 2.40. The third-order valence-corrected chi connectivity index (χ3v) is 5.75. The number of hydrogen-bond acceptors (Lipinski definition) is 3. The fourth-order valence-electron chi connectivity index (χ4n) is 4.19. The van der Waals surface area contributed by atoms with Crippen molar-refractivity contribution in [2.45, 2.75) is 62.8 Å². The molecule has 1 heterocycles. The molecule has 0 N–H and O–H groups in total. The molecule has 2 aliphatic rings. The van der Waals surface area contributed by atoms with Gasteiger partial charge in [0.15, 0.2) is 0 Å². The Labute approximate surface area is 140 Å². The van der Waals surface area contributed by atoms with Crippen molar-refractivity contribution in [3.63, 3.8) is 0 Å². The van der Waals surface area contributed by atoms with Gasteiger partial charge in [-0.25, -0.2) is 0 Å². The van der Waals surface area contributed by atoms with Crippen molar-refractivity contribution in [2.75, 3.05) is 20.2 Å². The van der Waals surface area contributed by atoms with E-state index in [2.05, 4.69) is 24.1 Å². The average Bonchev–Trinajstić information content (AvgIpc) is 2.62. The van der Waals surface area contributed by atoms with E-state index in [1.54, 1.807) is 0 Å². The quantitative estimate of drug-likeness (QED) is 0.789. The lowest BCUT2D eigenvalue weighted by Crippen LogP contribution is -2.44. The van der Waals surface area contributed by atoms with Gasteiger partial charge >= 0.3 is 5.97 Å². The van der Waals surface area contributed by atoms with E-state index in [4.69, 9.17) is 4.74 Å². The van der Waals surface area contributed by atoms with Gasteiger partial charge in [-0.1, -0.05) is 56.0 Å². The summed E-state index contributed by atoms with van der Waals surface area (Å²) in [6.45, 7) is 1.66. The van der Waals surface area contributed by atoms with Crippen molar-refractivity contribution in [1.82, 2.24) is 4.90 Å². The summed E-state index contributed by atoms with van der Waals surface area (Å²) in [5.41, 5.74) is 0.730. The molecule has 1 saturated carbocycles. The Morgan fingerprint density at radius 3 is 2.57 bits per heavy atom. The van der Waals surface area contributed by atoms with Crippen LogP contribution in [0.2, 0.25) is 0 Å². The molecule has 1 aromatic rings. The molecule has 3 heteroatoms. The Morgan fingerprint density at radius 1 is 1.13 bits per heavy atom. The third kappa shape index (κ3) is 3.60. The summed E-state index contributed by atoms with van der Waals surface area (Å²) in [4.78, 5) is 15.4. The molecule has 1 aliphatic carbocycles. The maximum atomic E-state index is 13.0. The van der Waals surface area contributed by atoms with Crippen LogP contribution in [0.15, 0.2) is 30.3 Å². The van der Waals surface area contributed by atoms with Crippen LogP contribution < -0.4 is 0 Å². The standard InChI is InChI=1S/C20H29NO2/c1-21-15-9-6-12-18(21)16-23-19(22)20(13-7-3-8-14-20)17-10-4-2-5-11-17/h2,4-5,10-11,18H,3,6-9,12-16H2,1H3. The minimum absolute atomic E-state index is 0.00220. The topological polar surface area (TPSA) is 29.5 Å². The molecule has 1 atom stereocenters. The first-order valence-electron chi connectivity index (χ1n) is 9.15. The SMILES string of the molecule is CN1CCCCC1COC(=O)C1(c2ccccc2)CCCCC1. The Morgan fingerprint density at radius 2 is 1.87 bits per heavy atom. The van der Waals surface area contributed by atoms with E-state index in [0.29, 0.717) is 12.6 Å². The monoisotopic (exact) mass is 315 g/mol. The molecule has 1 unspecified atom stereocenters. The molecule has 0 spiro atoms. The Balaban J connectivity index is 1.71. The van der Waals surface area contributed by atoms with Crippen molar-refractivity contribution in [3.05, 3.63) is 35.9 Å². The van der Waals surface area contributed by atoms with Crippen molar-refractivity contribution >= 4 is 5.97 Å². The summed E-state index contributed by atoms with van der Waals surface area (Å²) in [7, 11) is 2.14. The maximum Gasteiger partial charge on any atom is 0.316 e. The van der Waals surface area contributed by atoms with Gasteiger partial charge in [0.2, 0.25) is 0 Å². The maximum absolute atomic E-state index is 13.0. The van der Waals surface area contributed by atoms with Crippen LogP contribution >= 0.6 is 0 Å². The van der Waals surface area contributed by atoms with Crippen molar-refractivity contribution in [3.8, 4) is 0 Å². The van der Waals surface area contributed by atoms with Crippen molar-refractivity contribution < 1.29 is 9.53 Å². The fourth-order valence-corrected chi connectivity index (χ4v) is 4.19. The summed E-state index contributed by atoms with van der Waals surface area (Å²) in [5.74, 6) is 0.00220. The molecule has 0 amide bonds. The van der Waals surface area contributed by atoms with E-state index in [-0.39, 0.29) is 5.97 Å². The molecule has 1 aromatic carbocycles. The first-order chi connectivity index (χ1) is 11.2. The number of rotatable bonds is 4.